The number of sulfonamides is 1. The Bertz CT molecular complexity index is 360. The molecule has 0 bridgehead atoms. The molecule has 114 valence electrons. The van der Waals surface area contributed by atoms with Crippen LogP contribution in [0.5, 0.6) is 0 Å². The zero-order chi connectivity index (χ0) is 14.5. The van der Waals surface area contributed by atoms with Crippen molar-refractivity contribution in [1.82, 2.24) is 14.9 Å². The fourth-order valence-electron chi connectivity index (χ4n) is 2.61. The zero-order valence-corrected chi connectivity index (χ0v) is 13.5. The van der Waals surface area contributed by atoms with E-state index in [2.05, 4.69) is 14.9 Å². The Morgan fingerprint density at radius 2 is 1.79 bits per heavy atom. The summed E-state index contributed by atoms with van der Waals surface area (Å²) in [6.45, 7) is 5.06. The third kappa shape index (κ3) is 5.38. The van der Waals surface area contributed by atoms with Crippen molar-refractivity contribution in [2.75, 3.05) is 32.9 Å². The molecule has 0 aromatic carbocycles. The average molecular weight is 291 g/mol. The molecule has 19 heavy (non-hydrogen) atoms. The maximum atomic E-state index is 12.0. The molecule has 0 atom stereocenters. The van der Waals surface area contributed by atoms with Crippen LogP contribution in [0.25, 0.3) is 0 Å². The molecule has 0 aromatic heterocycles. The molecule has 0 spiro atoms. The Hall–Kier alpha value is -0.170. The summed E-state index contributed by atoms with van der Waals surface area (Å²) in [5.74, 6) is 0.148. The van der Waals surface area contributed by atoms with Crippen molar-refractivity contribution in [3.63, 3.8) is 0 Å². The van der Waals surface area contributed by atoms with Gasteiger partial charge in [-0.3, -0.25) is 0 Å². The van der Waals surface area contributed by atoms with Gasteiger partial charge in [0.15, 0.2) is 0 Å². The van der Waals surface area contributed by atoms with Gasteiger partial charge in [0.1, 0.15) is 0 Å². The molecule has 1 fully saturated rings. The first kappa shape index (κ1) is 16.9. The maximum absolute atomic E-state index is 12.0. The normalized spacial score (nSPS) is 19.5. The van der Waals surface area contributed by atoms with E-state index in [9.17, 15) is 8.42 Å². The summed E-state index contributed by atoms with van der Waals surface area (Å²) >= 11 is 0. The first-order chi connectivity index (χ1) is 8.77. The van der Waals surface area contributed by atoms with Crippen LogP contribution >= 0.6 is 0 Å². The monoisotopic (exact) mass is 291 g/mol. The number of nitrogens with one attached hydrogen (secondary N) is 2. The van der Waals surface area contributed by atoms with E-state index in [-0.39, 0.29) is 11.3 Å². The fraction of sp³-hybridized carbons (Fsp3) is 1.00. The van der Waals surface area contributed by atoms with E-state index in [1.165, 1.54) is 12.8 Å². The Morgan fingerprint density at radius 3 is 2.26 bits per heavy atom. The molecule has 0 amide bonds. The molecule has 5 nitrogen and oxygen atoms in total. The van der Waals surface area contributed by atoms with E-state index in [0.29, 0.717) is 19.1 Å². The van der Waals surface area contributed by atoms with E-state index in [4.69, 9.17) is 0 Å². The summed E-state index contributed by atoms with van der Waals surface area (Å²) in [5, 5.41) is 3.13. The smallest absolute Gasteiger partial charge is 0.212 e. The topological polar surface area (TPSA) is 61.4 Å². The molecular formula is C13H29N3O2S. The third-order valence-electron chi connectivity index (χ3n) is 4.03. The number of nitrogens with zero attached hydrogens (tertiary/aromatic N) is 1. The highest BCUT2D eigenvalue weighted by Gasteiger charge is 2.36. The van der Waals surface area contributed by atoms with Crippen LogP contribution in [0.3, 0.4) is 0 Å². The van der Waals surface area contributed by atoms with Crippen LogP contribution in [0.2, 0.25) is 0 Å². The molecule has 1 aliphatic rings. The number of rotatable bonds is 8. The van der Waals surface area contributed by atoms with E-state index in [0.717, 1.165) is 12.8 Å². The maximum Gasteiger partial charge on any atom is 0.212 e. The molecule has 1 saturated carbocycles. The Labute approximate surface area is 118 Å². The fourth-order valence-corrected chi connectivity index (χ4v) is 3.63. The van der Waals surface area contributed by atoms with Gasteiger partial charge < -0.3 is 10.2 Å². The van der Waals surface area contributed by atoms with Crippen LogP contribution in [0.4, 0.5) is 0 Å². The lowest BCUT2D eigenvalue weighted by atomic mass is 9.97. The lowest BCUT2D eigenvalue weighted by molar-refractivity contribution is 0.162. The van der Waals surface area contributed by atoms with Crippen LogP contribution in [-0.4, -0.2) is 57.8 Å². The highest BCUT2D eigenvalue weighted by molar-refractivity contribution is 7.89. The second kappa shape index (κ2) is 7.02. The summed E-state index contributed by atoms with van der Waals surface area (Å²) in [6, 6.07) is 0.318. The molecule has 2 N–H and O–H groups in total. The number of hydrogen-bond donors (Lipinski definition) is 2. The van der Waals surface area contributed by atoms with Crippen molar-refractivity contribution in [2.24, 2.45) is 0 Å². The first-order valence-corrected chi connectivity index (χ1v) is 8.81. The van der Waals surface area contributed by atoms with Gasteiger partial charge >= 0.3 is 0 Å². The first-order valence-electron chi connectivity index (χ1n) is 7.16. The third-order valence-corrected chi connectivity index (χ3v) is 5.35. The van der Waals surface area contributed by atoms with Gasteiger partial charge in [-0.15, -0.1) is 0 Å². The lowest BCUT2D eigenvalue weighted by Gasteiger charge is -2.36. The predicted octanol–water partition coefficient (Wildman–Crippen LogP) is 0.778. The van der Waals surface area contributed by atoms with Crippen molar-refractivity contribution in [2.45, 2.75) is 51.1 Å². The highest BCUT2D eigenvalue weighted by Crippen LogP contribution is 2.33. The summed E-state index contributed by atoms with van der Waals surface area (Å²) in [7, 11) is 0.908. The van der Waals surface area contributed by atoms with E-state index < -0.39 is 10.0 Å². The minimum Gasteiger partial charge on any atom is -0.313 e. The van der Waals surface area contributed by atoms with Gasteiger partial charge in [-0.1, -0.05) is 26.7 Å². The van der Waals surface area contributed by atoms with Gasteiger partial charge in [0.05, 0.1) is 5.75 Å². The van der Waals surface area contributed by atoms with Gasteiger partial charge in [0, 0.05) is 24.7 Å². The van der Waals surface area contributed by atoms with Crippen molar-refractivity contribution >= 4 is 10.0 Å². The van der Waals surface area contributed by atoms with Crippen molar-refractivity contribution in [3.8, 4) is 0 Å². The zero-order valence-electron chi connectivity index (χ0n) is 12.7. The van der Waals surface area contributed by atoms with E-state index in [1.54, 1.807) is 0 Å². The molecule has 1 rings (SSSR count). The molecule has 0 saturated heterocycles. The van der Waals surface area contributed by atoms with E-state index in [1.807, 2.05) is 27.9 Å². The number of hydrogen-bond acceptors (Lipinski definition) is 4. The second-order valence-corrected chi connectivity index (χ2v) is 8.00. The van der Waals surface area contributed by atoms with Gasteiger partial charge in [0.25, 0.3) is 0 Å². The van der Waals surface area contributed by atoms with Gasteiger partial charge in [-0.2, -0.15) is 0 Å². The molecule has 0 heterocycles. The SMILES string of the molecule is CC(C)NCCS(=O)(=O)NCC1(N(C)C)CCCC1. The minimum absolute atomic E-state index is 0.0124. The van der Waals surface area contributed by atoms with Crippen LogP contribution in [0.1, 0.15) is 39.5 Å². The molecule has 0 unspecified atom stereocenters. The van der Waals surface area contributed by atoms with Gasteiger partial charge in [-0.05, 0) is 26.9 Å². The van der Waals surface area contributed by atoms with E-state index >= 15 is 0 Å². The molecular weight excluding hydrogens is 262 g/mol. The predicted molar refractivity (Wildman–Crippen MR) is 79.8 cm³/mol. The quantitative estimate of drug-likeness (QED) is 0.694. The Kier molecular flexibility index (Phi) is 6.23. The molecule has 1 aliphatic carbocycles. The molecule has 0 radical (unpaired) electrons. The number of likely N-dealkylation sites (N-methyl/N-ethyl adjacent to an activating group) is 1. The van der Waals surface area contributed by atoms with Gasteiger partial charge in [0.2, 0.25) is 10.0 Å². The van der Waals surface area contributed by atoms with Crippen LogP contribution in [0.15, 0.2) is 0 Å². The molecule has 0 aliphatic heterocycles. The second-order valence-electron chi connectivity index (χ2n) is 6.07. The summed E-state index contributed by atoms with van der Waals surface area (Å²) < 4.78 is 26.7. The minimum atomic E-state index is -3.18. The standard InChI is InChI=1S/C13H29N3O2S/c1-12(2)14-9-10-19(17,18)15-11-13(16(3)4)7-5-6-8-13/h12,14-15H,5-11H2,1-4H3. The molecule has 0 aromatic rings. The largest absolute Gasteiger partial charge is 0.313 e. The summed E-state index contributed by atoms with van der Waals surface area (Å²) in [6.07, 6.45) is 4.53. The van der Waals surface area contributed by atoms with Crippen molar-refractivity contribution in [1.29, 1.82) is 0 Å². The Balaban J connectivity index is 2.45. The summed E-state index contributed by atoms with van der Waals surface area (Å²) in [5.41, 5.74) is 0.0124. The average Bonchev–Trinajstić information content (AvgIpc) is 2.75. The van der Waals surface area contributed by atoms with Crippen LogP contribution in [-0.2, 0) is 10.0 Å². The Morgan fingerprint density at radius 1 is 1.21 bits per heavy atom. The van der Waals surface area contributed by atoms with Crippen LogP contribution in [0, 0.1) is 0 Å². The van der Waals surface area contributed by atoms with Crippen LogP contribution < -0.4 is 10.0 Å². The van der Waals surface area contributed by atoms with Gasteiger partial charge in [-0.25, -0.2) is 13.1 Å². The van der Waals surface area contributed by atoms with Crippen molar-refractivity contribution in [3.05, 3.63) is 0 Å². The highest BCUT2D eigenvalue weighted by atomic mass is 32.2. The van der Waals surface area contributed by atoms with Crippen molar-refractivity contribution < 1.29 is 8.42 Å². The molecule has 6 heteroatoms. The lowest BCUT2D eigenvalue weighted by Crippen LogP contribution is -2.51. The summed E-state index contributed by atoms with van der Waals surface area (Å²) in [4.78, 5) is 2.18.